The van der Waals surface area contributed by atoms with Gasteiger partial charge in [-0.15, -0.1) is 0 Å². The van der Waals surface area contributed by atoms with Crippen molar-refractivity contribution in [1.82, 2.24) is 9.97 Å². The third-order valence-electron chi connectivity index (χ3n) is 4.80. The highest BCUT2D eigenvalue weighted by molar-refractivity contribution is 7.93. The molecule has 32 heavy (non-hydrogen) atoms. The summed E-state index contributed by atoms with van der Waals surface area (Å²) in [5.74, 6) is 6.60. The number of rotatable bonds is 5. The second-order valence-electron chi connectivity index (χ2n) is 6.74. The van der Waals surface area contributed by atoms with Crippen molar-refractivity contribution in [3.8, 4) is 17.6 Å². The molecule has 0 unspecified atom stereocenters. The number of aromatic nitrogens is 2. The normalized spacial score (nSPS) is 10.8. The van der Waals surface area contributed by atoms with Crippen LogP contribution in [0.4, 0.5) is 11.4 Å². The number of methoxy groups -OCH3 is 1. The average molecular weight is 445 g/mol. The van der Waals surface area contributed by atoms with E-state index >= 15 is 0 Å². The maximum Gasteiger partial charge on any atom is 0.264 e. The van der Waals surface area contributed by atoms with Gasteiger partial charge in [-0.3, -0.25) is 14.7 Å². The lowest BCUT2D eigenvalue weighted by Crippen LogP contribution is -2.14. The molecule has 160 valence electrons. The van der Waals surface area contributed by atoms with E-state index in [0.29, 0.717) is 28.1 Å². The van der Waals surface area contributed by atoms with Crippen molar-refractivity contribution in [1.29, 1.82) is 0 Å². The molecule has 0 fully saturated rings. The van der Waals surface area contributed by atoms with Crippen LogP contribution in [-0.2, 0) is 10.0 Å². The van der Waals surface area contributed by atoms with Gasteiger partial charge in [-0.05, 0) is 30.3 Å². The van der Waals surface area contributed by atoms with Crippen LogP contribution in [0.15, 0.2) is 78.1 Å². The third kappa shape index (κ3) is 4.19. The Labute approximate surface area is 186 Å². The first kappa shape index (κ1) is 21.2. The number of hydrogen-bond donors (Lipinski definition) is 2. The van der Waals surface area contributed by atoms with E-state index in [-0.39, 0.29) is 4.90 Å². The Morgan fingerprint density at radius 3 is 2.53 bits per heavy atom. The second-order valence-corrected chi connectivity index (χ2v) is 8.39. The van der Waals surface area contributed by atoms with Crippen LogP contribution in [0.5, 0.6) is 5.75 Å². The topological polar surface area (TPSA) is 93.2 Å². The van der Waals surface area contributed by atoms with Crippen LogP contribution in [0, 0.1) is 11.8 Å². The number of ether oxygens (including phenoxy) is 1. The minimum Gasteiger partial charge on any atom is -0.495 e. The number of para-hydroxylation sites is 2. The van der Waals surface area contributed by atoms with E-state index in [2.05, 4.69) is 31.8 Å². The van der Waals surface area contributed by atoms with E-state index in [1.54, 1.807) is 75.2 Å². The van der Waals surface area contributed by atoms with Crippen LogP contribution in [0.25, 0.3) is 10.9 Å². The Balaban J connectivity index is 1.74. The van der Waals surface area contributed by atoms with Gasteiger partial charge in [0.05, 0.1) is 23.9 Å². The van der Waals surface area contributed by atoms with E-state index in [1.165, 1.54) is 6.07 Å². The van der Waals surface area contributed by atoms with E-state index in [1.807, 2.05) is 6.07 Å². The molecule has 0 atom stereocenters. The summed E-state index contributed by atoms with van der Waals surface area (Å²) in [6, 6.07) is 15.5. The van der Waals surface area contributed by atoms with Crippen molar-refractivity contribution in [3.63, 3.8) is 0 Å². The molecule has 0 saturated heterocycles. The fourth-order valence-corrected chi connectivity index (χ4v) is 4.51. The molecule has 2 aromatic heterocycles. The van der Waals surface area contributed by atoms with Crippen molar-refractivity contribution < 1.29 is 13.2 Å². The van der Waals surface area contributed by atoms with Gasteiger partial charge in [-0.1, -0.05) is 36.1 Å². The predicted octanol–water partition coefficient (Wildman–Crippen LogP) is 3.88. The average Bonchev–Trinajstić information content (AvgIpc) is 2.82. The van der Waals surface area contributed by atoms with Crippen molar-refractivity contribution >= 4 is 32.3 Å². The maximum atomic E-state index is 13.3. The molecule has 0 aliphatic carbocycles. The molecule has 7 nitrogen and oxygen atoms in total. The Hall–Kier alpha value is -4.09. The van der Waals surface area contributed by atoms with Gasteiger partial charge in [-0.2, -0.15) is 0 Å². The van der Waals surface area contributed by atoms with E-state index in [0.717, 1.165) is 11.1 Å². The minimum absolute atomic E-state index is 0.0868. The number of hydrogen-bond acceptors (Lipinski definition) is 6. The van der Waals surface area contributed by atoms with Gasteiger partial charge in [0.2, 0.25) is 0 Å². The summed E-state index contributed by atoms with van der Waals surface area (Å²) >= 11 is 0. The van der Waals surface area contributed by atoms with Crippen LogP contribution >= 0.6 is 0 Å². The third-order valence-corrected chi connectivity index (χ3v) is 6.19. The van der Waals surface area contributed by atoms with Crippen LogP contribution in [-0.4, -0.2) is 32.5 Å². The molecule has 2 aromatic carbocycles. The van der Waals surface area contributed by atoms with Gasteiger partial charge < -0.3 is 10.1 Å². The van der Waals surface area contributed by atoms with E-state index in [4.69, 9.17) is 4.74 Å². The lowest BCUT2D eigenvalue weighted by molar-refractivity contribution is 0.413. The molecule has 0 radical (unpaired) electrons. The monoisotopic (exact) mass is 444 g/mol. The van der Waals surface area contributed by atoms with Crippen molar-refractivity contribution in [2.75, 3.05) is 24.2 Å². The number of anilines is 2. The fourth-order valence-electron chi connectivity index (χ4n) is 3.25. The molecular weight excluding hydrogens is 424 g/mol. The highest BCUT2D eigenvalue weighted by atomic mass is 32.2. The molecule has 4 rings (SSSR count). The first-order valence-corrected chi connectivity index (χ1v) is 11.2. The number of benzene rings is 2. The van der Waals surface area contributed by atoms with Gasteiger partial charge >= 0.3 is 0 Å². The minimum atomic E-state index is -3.93. The molecule has 0 amide bonds. The molecule has 0 bridgehead atoms. The number of nitrogens with zero attached hydrogens (tertiary/aromatic N) is 2. The molecule has 8 heteroatoms. The number of pyridine rings is 2. The molecule has 2 N–H and O–H groups in total. The highest BCUT2D eigenvalue weighted by Crippen LogP contribution is 2.28. The SMILES string of the molecule is CNc1ccnc2c(S(=O)(=O)Nc3ccccc3C#Cc3cnccc3OC)cccc12. The number of nitrogens with one attached hydrogen (secondary N) is 2. The van der Waals surface area contributed by atoms with Gasteiger partial charge in [0.25, 0.3) is 10.0 Å². The zero-order valence-corrected chi connectivity index (χ0v) is 18.3. The smallest absolute Gasteiger partial charge is 0.264 e. The van der Waals surface area contributed by atoms with Gasteiger partial charge in [0, 0.05) is 42.3 Å². The number of fused-ring (bicyclic) bond motifs is 1. The summed E-state index contributed by atoms with van der Waals surface area (Å²) in [7, 11) is -0.594. The molecule has 0 aliphatic heterocycles. The van der Waals surface area contributed by atoms with Crippen LogP contribution in [0.2, 0.25) is 0 Å². The predicted molar refractivity (Wildman–Crippen MR) is 125 cm³/mol. The summed E-state index contributed by atoms with van der Waals surface area (Å²) in [5, 5.41) is 3.78. The highest BCUT2D eigenvalue weighted by Gasteiger charge is 2.20. The zero-order chi connectivity index (χ0) is 22.6. The fraction of sp³-hybridized carbons (Fsp3) is 0.0833. The summed E-state index contributed by atoms with van der Waals surface area (Å²) in [6.07, 6.45) is 4.79. The number of sulfonamides is 1. The molecule has 4 aromatic rings. The quantitative estimate of drug-likeness (QED) is 0.454. The summed E-state index contributed by atoms with van der Waals surface area (Å²) < 4.78 is 34.5. The second kappa shape index (κ2) is 8.96. The molecule has 0 saturated carbocycles. The van der Waals surface area contributed by atoms with Gasteiger partial charge in [0.1, 0.15) is 10.6 Å². The van der Waals surface area contributed by atoms with E-state index < -0.39 is 10.0 Å². The summed E-state index contributed by atoms with van der Waals surface area (Å²) in [4.78, 5) is 8.46. The maximum absolute atomic E-state index is 13.3. The summed E-state index contributed by atoms with van der Waals surface area (Å²) in [5.41, 5.74) is 2.67. The summed E-state index contributed by atoms with van der Waals surface area (Å²) in [6.45, 7) is 0. The van der Waals surface area contributed by atoms with Crippen LogP contribution < -0.4 is 14.8 Å². The van der Waals surface area contributed by atoms with E-state index in [9.17, 15) is 8.42 Å². The van der Waals surface area contributed by atoms with Gasteiger partial charge in [0.15, 0.2) is 0 Å². The first-order valence-electron chi connectivity index (χ1n) is 9.71. The van der Waals surface area contributed by atoms with Crippen molar-refractivity contribution in [2.45, 2.75) is 4.90 Å². The standard InChI is InChI=1S/C24H20N4O3S/c1-25-21-12-15-27-24-19(21)7-5-9-23(24)32(29,30)28-20-8-4-3-6-17(20)10-11-18-16-26-14-13-22(18)31-2/h3-9,12-16,28H,1-2H3,(H,25,27). The van der Waals surface area contributed by atoms with Crippen molar-refractivity contribution in [2.24, 2.45) is 0 Å². The largest absolute Gasteiger partial charge is 0.495 e. The van der Waals surface area contributed by atoms with Gasteiger partial charge in [-0.25, -0.2) is 8.42 Å². The molecule has 0 spiro atoms. The Kier molecular flexibility index (Phi) is 5.92. The Morgan fingerprint density at radius 2 is 1.72 bits per heavy atom. The van der Waals surface area contributed by atoms with Crippen molar-refractivity contribution in [3.05, 3.63) is 84.3 Å². The van der Waals surface area contributed by atoms with Crippen LogP contribution in [0.1, 0.15) is 11.1 Å². The Morgan fingerprint density at radius 1 is 0.906 bits per heavy atom. The first-order chi connectivity index (χ1) is 15.5. The van der Waals surface area contributed by atoms with Crippen LogP contribution in [0.3, 0.4) is 0 Å². The Bertz CT molecular complexity index is 1460. The molecular formula is C24H20N4O3S. The molecule has 2 heterocycles. The zero-order valence-electron chi connectivity index (χ0n) is 17.5. The molecule has 0 aliphatic rings. The lowest BCUT2D eigenvalue weighted by atomic mass is 10.1. The lowest BCUT2D eigenvalue weighted by Gasteiger charge is -2.13.